The Kier molecular flexibility index (Phi) is 4.55. The highest BCUT2D eigenvalue weighted by atomic mass is 79.9. The fraction of sp³-hybridized carbons (Fsp3) is 0.188. The maximum Gasteiger partial charge on any atom is 0.252 e. The van der Waals surface area contributed by atoms with Crippen LogP contribution < -0.4 is 5.32 Å². The molecule has 1 amide bonds. The van der Waals surface area contributed by atoms with Crippen molar-refractivity contribution in [3.8, 4) is 0 Å². The monoisotopic (exact) mass is 335 g/mol. The third kappa shape index (κ3) is 3.45. The van der Waals surface area contributed by atoms with E-state index in [2.05, 4.69) is 21.2 Å². The maximum absolute atomic E-state index is 13.2. The second-order valence-electron chi connectivity index (χ2n) is 4.71. The molecule has 0 aliphatic heterocycles. The Morgan fingerprint density at radius 3 is 2.70 bits per heavy atom. The van der Waals surface area contributed by atoms with Crippen LogP contribution in [0.3, 0.4) is 0 Å². The molecule has 4 heteroatoms. The van der Waals surface area contributed by atoms with Crippen LogP contribution in [0, 0.1) is 12.7 Å². The van der Waals surface area contributed by atoms with Crippen LogP contribution in [-0.2, 0) is 0 Å². The Morgan fingerprint density at radius 2 is 2.00 bits per heavy atom. The Bertz CT molecular complexity index is 642. The number of rotatable bonds is 3. The highest BCUT2D eigenvalue weighted by molar-refractivity contribution is 9.10. The van der Waals surface area contributed by atoms with Gasteiger partial charge in [-0.2, -0.15) is 0 Å². The molecule has 1 N–H and O–H groups in total. The van der Waals surface area contributed by atoms with Crippen molar-refractivity contribution < 1.29 is 9.18 Å². The van der Waals surface area contributed by atoms with Gasteiger partial charge in [0.25, 0.3) is 5.91 Å². The lowest BCUT2D eigenvalue weighted by Gasteiger charge is -2.15. The molecule has 2 rings (SSSR count). The van der Waals surface area contributed by atoms with Crippen LogP contribution >= 0.6 is 15.9 Å². The normalized spacial score (nSPS) is 12.0. The summed E-state index contributed by atoms with van der Waals surface area (Å²) in [5.41, 5.74) is 2.26. The number of amides is 1. The number of aryl methyl sites for hydroxylation is 1. The van der Waals surface area contributed by atoms with E-state index < -0.39 is 0 Å². The molecule has 0 saturated heterocycles. The number of hydrogen-bond donors (Lipinski definition) is 1. The first kappa shape index (κ1) is 14.7. The number of nitrogens with one attached hydrogen (secondary N) is 1. The number of carbonyl (C=O) groups excluding carboxylic acids is 1. The van der Waals surface area contributed by atoms with Crippen molar-refractivity contribution >= 4 is 21.8 Å². The van der Waals surface area contributed by atoms with Crippen molar-refractivity contribution in [2.45, 2.75) is 19.9 Å². The van der Waals surface area contributed by atoms with E-state index in [1.807, 2.05) is 26.0 Å². The van der Waals surface area contributed by atoms with Crippen molar-refractivity contribution in [2.75, 3.05) is 0 Å². The maximum atomic E-state index is 13.2. The zero-order chi connectivity index (χ0) is 14.7. The average Bonchev–Trinajstić information content (AvgIpc) is 2.41. The molecule has 0 aliphatic rings. The summed E-state index contributed by atoms with van der Waals surface area (Å²) in [6.07, 6.45) is 0. The molecule has 0 heterocycles. The van der Waals surface area contributed by atoms with Gasteiger partial charge in [0.05, 0.1) is 6.04 Å². The van der Waals surface area contributed by atoms with Gasteiger partial charge in [0.2, 0.25) is 0 Å². The van der Waals surface area contributed by atoms with Gasteiger partial charge in [0, 0.05) is 10.0 Å². The van der Waals surface area contributed by atoms with E-state index in [-0.39, 0.29) is 17.8 Å². The minimum Gasteiger partial charge on any atom is -0.346 e. The molecule has 1 atom stereocenters. The zero-order valence-electron chi connectivity index (χ0n) is 11.3. The molecule has 0 saturated carbocycles. The lowest BCUT2D eigenvalue weighted by atomic mass is 10.1. The quantitative estimate of drug-likeness (QED) is 0.885. The van der Waals surface area contributed by atoms with Gasteiger partial charge in [0.15, 0.2) is 0 Å². The van der Waals surface area contributed by atoms with Crippen LogP contribution in [0.15, 0.2) is 46.9 Å². The molecule has 0 bridgehead atoms. The van der Waals surface area contributed by atoms with E-state index in [1.165, 1.54) is 12.1 Å². The Hall–Kier alpha value is -1.68. The standard InChI is InChI=1S/C16H15BrFNO/c1-10-6-7-13(17)9-15(10)16(20)19-11(2)12-4-3-5-14(18)8-12/h3-9,11H,1-2H3,(H,19,20). The Balaban J connectivity index is 2.17. The fourth-order valence-corrected chi connectivity index (χ4v) is 2.33. The lowest BCUT2D eigenvalue weighted by molar-refractivity contribution is 0.0939. The van der Waals surface area contributed by atoms with Crippen molar-refractivity contribution in [2.24, 2.45) is 0 Å². The van der Waals surface area contributed by atoms with Gasteiger partial charge in [-0.3, -0.25) is 4.79 Å². The van der Waals surface area contributed by atoms with Gasteiger partial charge in [0.1, 0.15) is 5.82 Å². The molecule has 0 aliphatic carbocycles. The second kappa shape index (κ2) is 6.18. The molecular formula is C16H15BrFNO. The molecule has 2 aromatic rings. The molecule has 0 fully saturated rings. The molecule has 104 valence electrons. The lowest BCUT2D eigenvalue weighted by Crippen LogP contribution is -2.27. The molecular weight excluding hydrogens is 321 g/mol. The van der Waals surface area contributed by atoms with Crippen molar-refractivity contribution in [1.29, 1.82) is 0 Å². The van der Waals surface area contributed by atoms with Crippen LogP contribution in [0.2, 0.25) is 0 Å². The third-order valence-electron chi connectivity index (χ3n) is 3.14. The van der Waals surface area contributed by atoms with E-state index >= 15 is 0 Å². The number of hydrogen-bond acceptors (Lipinski definition) is 1. The summed E-state index contributed by atoms with van der Waals surface area (Å²) in [6.45, 7) is 3.72. The molecule has 2 nitrogen and oxygen atoms in total. The zero-order valence-corrected chi connectivity index (χ0v) is 12.9. The number of benzene rings is 2. The highest BCUT2D eigenvalue weighted by Crippen LogP contribution is 2.18. The summed E-state index contributed by atoms with van der Waals surface area (Å²) in [5, 5.41) is 2.88. The third-order valence-corrected chi connectivity index (χ3v) is 3.63. The van der Waals surface area contributed by atoms with Gasteiger partial charge >= 0.3 is 0 Å². The van der Waals surface area contributed by atoms with Crippen molar-refractivity contribution in [1.82, 2.24) is 5.32 Å². The summed E-state index contributed by atoms with van der Waals surface area (Å²) in [4.78, 5) is 12.3. The predicted molar refractivity (Wildman–Crippen MR) is 81.2 cm³/mol. The average molecular weight is 336 g/mol. The molecule has 1 unspecified atom stereocenters. The summed E-state index contributed by atoms with van der Waals surface area (Å²) in [6, 6.07) is 11.5. The van der Waals surface area contributed by atoms with Crippen LogP contribution in [0.4, 0.5) is 4.39 Å². The van der Waals surface area contributed by atoms with E-state index in [9.17, 15) is 9.18 Å². The fourth-order valence-electron chi connectivity index (χ4n) is 1.97. The molecule has 20 heavy (non-hydrogen) atoms. The first-order chi connectivity index (χ1) is 9.47. The van der Waals surface area contributed by atoms with Crippen LogP contribution in [-0.4, -0.2) is 5.91 Å². The Morgan fingerprint density at radius 1 is 1.25 bits per heavy atom. The van der Waals surface area contributed by atoms with E-state index in [4.69, 9.17) is 0 Å². The van der Waals surface area contributed by atoms with E-state index in [0.29, 0.717) is 5.56 Å². The topological polar surface area (TPSA) is 29.1 Å². The van der Waals surface area contributed by atoms with Crippen molar-refractivity contribution in [3.05, 3.63) is 69.4 Å². The molecule has 0 spiro atoms. The number of carbonyl (C=O) groups is 1. The first-order valence-corrected chi connectivity index (χ1v) is 7.09. The SMILES string of the molecule is Cc1ccc(Br)cc1C(=O)NC(C)c1cccc(F)c1. The minimum atomic E-state index is -0.303. The Labute approximate surface area is 126 Å². The van der Waals surface area contributed by atoms with Crippen LogP contribution in [0.5, 0.6) is 0 Å². The van der Waals surface area contributed by atoms with Gasteiger partial charge in [-0.25, -0.2) is 4.39 Å². The van der Waals surface area contributed by atoms with E-state index in [0.717, 1.165) is 15.6 Å². The van der Waals surface area contributed by atoms with E-state index in [1.54, 1.807) is 18.2 Å². The second-order valence-corrected chi connectivity index (χ2v) is 5.63. The predicted octanol–water partition coefficient (Wildman–Crippen LogP) is 4.39. The first-order valence-electron chi connectivity index (χ1n) is 6.30. The molecule has 0 radical (unpaired) electrons. The summed E-state index contributed by atoms with van der Waals surface area (Å²) < 4.78 is 14.0. The summed E-state index contributed by atoms with van der Waals surface area (Å²) >= 11 is 3.36. The number of halogens is 2. The molecule has 2 aromatic carbocycles. The van der Waals surface area contributed by atoms with Crippen LogP contribution in [0.1, 0.15) is 34.5 Å². The van der Waals surface area contributed by atoms with Gasteiger partial charge < -0.3 is 5.32 Å². The van der Waals surface area contributed by atoms with Gasteiger partial charge in [-0.15, -0.1) is 0 Å². The molecule has 0 aromatic heterocycles. The van der Waals surface area contributed by atoms with Crippen molar-refractivity contribution in [3.63, 3.8) is 0 Å². The highest BCUT2D eigenvalue weighted by Gasteiger charge is 2.14. The summed E-state index contributed by atoms with van der Waals surface area (Å²) in [7, 11) is 0. The van der Waals surface area contributed by atoms with Crippen LogP contribution in [0.25, 0.3) is 0 Å². The van der Waals surface area contributed by atoms with Gasteiger partial charge in [-0.05, 0) is 49.2 Å². The smallest absolute Gasteiger partial charge is 0.252 e. The van der Waals surface area contributed by atoms with Gasteiger partial charge in [-0.1, -0.05) is 34.1 Å². The largest absolute Gasteiger partial charge is 0.346 e. The summed E-state index contributed by atoms with van der Waals surface area (Å²) in [5.74, 6) is -0.470. The minimum absolute atomic E-state index is 0.166.